The van der Waals surface area contributed by atoms with Crippen molar-refractivity contribution in [3.05, 3.63) is 35.9 Å². The third-order valence-corrected chi connectivity index (χ3v) is 3.04. The van der Waals surface area contributed by atoms with Crippen LogP contribution in [0.25, 0.3) is 0 Å². The van der Waals surface area contributed by atoms with Gasteiger partial charge in [0, 0.05) is 0 Å². The summed E-state index contributed by atoms with van der Waals surface area (Å²) in [6.45, 7) is 5.32. The van der Waals surface area contributed by atoms with Gasteiger partial charge < -0.3 is 11.3 Å². The molecule has 0 amide bonds. The first-order valence-corrected chi connectivity index (χ1v) is 7.26. The van der Waals surface area contributed by atoms with Gasteiger partial charge in [0.25, 0.3) is 0 Å². The molecule has 0 fully saturated rings. The van der Waals surface area contributed by atoms with E-state index in [9.17, 15) is 14.7 Å². The molecule has 0 aliphatic carbocycles. The van der Waals surface area contributed by atoms with Gasteiger partial charge in [-0.1, -0.05) is 30.3 Å². The number of carboxylic acids is 1. The van der Waals surface area contributed by atoms with E-state index in [4.69, 9.17) is 4.74 Å². The van der Waals surface area contributed by atoms with E-state index < -0.39 is 23.5 Å². The van der Waals surface area contributed by atoms with Crippen LogP contribution in [0.3, 0.4) is 0 Å². The van der Waals surface area contributed by atoms with Crippen LogP contribution in [-0.2, 0) is 20.7 Å². The number of esters is 1. The summed E-state index contributed by atoms with van der Waals surface area (Å²) in [4.78, 5) is 23.0. The molecule has 1 aromatic rings. The Labute approximate surface area is 156 Å². The van der Waals surface area contributed by atoms with Gasteiger partial charge >= 0.3 is 41.5 Å². The Morgan fingerprint density at radius 2 is 1.82 bits per heavy atom. The van der Waals surface area contributed by atoms with Gasteiger partial charge in [0.05, 0.1) is 12.3 Å². The second kappa shape index (κ2) is 10.0. The van der Waals surface area contributed by atoms with Crippen molar-refractivity contribution in [2.24, 2.45) is 5.92 Å². The zero-order valence-electron chi connectivity index (χ0n) is 15.0. The van der Waals surface area contributed by atoms with E-state index in [0.29, 0.717) is 6.42 Å². The number of carboxylic acid groups (broad SMARTS) is 1. The van der Waals surface area contributed by atoms with Gasteiger partial charge in [-0.15, -0.1) is 0 Å². The van der Waals surface area contributed by atoms with Crippen molar-refractivity contribution in [3.8, 4) is 0 Å². The summed E-state index contributed by atoms with van der Waals surface area (Å²) < 4.78 is 5.18. The quantitative estimate of drug-likeness (QED) is 0.590. The van der Waals surface area contributed by atoms with Crippen LogP contribution in [0.1, 0.15) is 47.0 Å². The Balaban J connectivity index is 0. The van der Waals surface area contributed by atoms with E-state index >= 15 is 0 Å². The van der Waals surface area contributed by atoms with Gasteiger partial charge in [-0.25, -0.2) is 0 Å². The fourth-order valence-corrected chi connectivity index (χ4v) is 2.09. The summed E-state index contributed by atoms with van der Waals surface area (Å²) in [7, 11) is 0. The van der Waals surface area contributed by atoms with Crippen molar-refractivity contribution < 1.29 is 50.4 Å². The third kappa shape index (κ3) is 9.23. The van der Waals surface area contributed by atoms with E-state index in [1.807, 2.05) is 30.3 Å². The molecule has 0 unspecified atom stereocenters. The predicted molar refractivity (Wildman–Crippen MR) is 82.1 cm³/mol. The molecule has 0 aliphatic rings. The minimum atomic E-state index is -0.936. The minimum Gasteiger partial charge on any atom is -1.00 e. The largest absolute Gasteiger partial charge is 1.00 e. The van der Waals surface area contributed by atoms with Crippen molar-refractivity contribution in [2.75, 3.05) is 0 Å². The van der Waals surface area contributed by atoms with Gasteiger partial charge in [-0.3, -0.25) is 9.59 Å². The van der Waals surface area contributed by atoms with Crippen LogP contribution in [0.5, 0.6) is 0 Å². The molecule has 0 aromatic heterocycles. The van der Waals surface area contributed by atoms with Gasteiger partial charge in [0.15, 0.2) is 0 Å². The molecule has 0 saturated heterocycles. The first-order chi connectivity index (χ1) is 9.78. The number of hydrogen-bond donors (Lipinski definition) is 1. The molecule has 0 heterocycles. The number of aryl methyl sites for hydroxylation is 1. The number of benzene rings is 1. The molecule has 22 heavy (non-hydrogen) atoms. The molecule has 0 aliphatic heterocycles. The van der Waals surface area contributed by atoms with Crippen LogP contribution in [0.4, 0.5) is 0 Å². The number of carbonyl (C=O) groups is 2. The van der Waals surface area contributed by atoms with Crippen molar-refractivity contribution in [2.45, 2.75) is 52.1 Å². The second-order valence-corrected chi connectivity index (χ2v) is 6.20. The first-order valence-electron chi connectivity index (χ1n) is 7.26. The number of aliphatic carboxylic acids is 1. The van der Waals surface area contributed by atoms with Crippen LogP contribution in [0.15, 0.2) is 30.3 Å². The van der Waals surface area contributed by atoms with Crippen LogP contribution < -0.4 is 29.6 Å². The van der Waals surface area contributed by atoms with Crippen LogP contribution >= 0.6 is 0 Å². The minimum absolute atomic E-state index is 0. The Morgan fingerprint density at radius 1 is 1.23 bits per heavy atom. The number of rotatable bonds is 7. The van der Waals surface area contributed by atoms with E-state index in [2.05, 4.69) is 0 Å². The standard InChI is InChI=1S/C17H24O4.Na.H/c1-17(2,3)21-15(18)12-14(16(19)20)11-7-10-13-8-5-4-6-9-13;;/h4-6,8-9,14H,7,10-12H2,1-3H3,(H,19,20);;/q;+1;-1/t14-;;/m1../s1. The normalized spacial score (nSPS) is 12.1. The van der Waals surface area contributed by atoms with Crippen LogP contribution in [0.2, 0.25) is 0 Å². The molecule has 0 bridgehead atoms. The summed E-state index contributed by atoms with van der Waals surface area (Å²) in [5.41, 5.74) is 0.600. The van der Waals surface area contributed by atoms with Crippen LogP contribution in [0, 0.1) is 5.92 Å². The third-order valence-electron chi connectivity index (χ3n) is 3.04. The van der Waals surface area contributed by atoms with Crippen molar-refractivity contribution in [3.63, 3.8) is 0 Å². The zero-order valence-corrected chi connectivity index (χ0v) is 16.0. The summed E-state index contributed by atoms with van der Waals surface area (Å²) in [5.74, 6) is -2.06. The number of ether oxygens (including phenoxy) is 1. The SMILES string of the molecule is CC(C)(C)OC(=O)C[C@@H](CCCc1ccccc1)C(=O)O.[H-].[Na+]. The summed E-state index contributed by atoms with van der Waals surface area (Å²) >= 11 is 0. The van der Waals surface area contributed by atoms with Crippen molar-refractivity contribution in [1.82, 2.24) is 0 Å². The summed E-state index contributed by atoms with van der Waals surface area (Å²) in [6.07, 6.45) is 1.97. The summed E-state index contributed by atoms with van der Waals surface area (Å²) in [5, 5.41) is 9.21. The van der Waals surface area contributed by atoms with Crippen LogP contribution in [-0.4, -0.2) is 22.6 Å². The van der Waals surface area contributed by atoms with E-state index in [1.165, 1.54) is 5.56 Å². The van der Waals surface area contributed by atoms with Gasteiger partial charge in [0.2, 0.25) is 0 Å². The zero-order chi connectivity index (χ0) is 15.9. The Hall–Kier alpha value is -0.840. The molecule has 1 N–H and O–H groups in total. The molecule has 118 valence electrons. The maximum atomic E-state index is 11.7. The molecule has 5 heteroatoms. The Morgan fingerprint density at radius 3 is 2.32 bits per heavy atom. The van der Waals surface area contributed by atoms with E-state index in [0.717, 1.165) is 12.8 Å². The van der Waals surface area contributed by atoms with Gasteiger partial charge in [-0.2, -0.15) is 0 Å². The van der Waals surface area contributed by atoms with E-state index in [1.54, 1.807) is 20.8 Å². The second-order valence-electron chi connectivity index (χ2n) is 6.20. The maximum Gasteiger partial charge on any atom is 1.00 e. The Kier molecular flexibility index (Phi) is 9.65. The molecule has 0 spiro atoms. The predicted octanol–water partition coefficient (Wildman–Crippen LogP) is 0.558. The smallest absolute Gasteiger partial charge is 1.00 e. The number of hydrogen-bond acceptors (Lipinski definition) is 3. The Bertz CT molecular complexity index is 471. The molecule has 1 rings (SSSR count). The average molecular weight is 316 g/mol. The molecule has 0 saturated carbocycles. The maximum absolute atomic E-state index is 11.7. The monoisotopic (exact) mass is 316 g/mol. The first kappa shape index (κ1) is 21.2. The molecular weight excluding hydrogens is 291 g/mol. The van der Waals surface area contributed by atoms with Crippen molar-refractivity contribution >= 4 is 11.9 Å². The fraction of sp³-hybridized carbons (Fsp3) is 0.529. The number of carbonyl (C=O) groups excluding carboxylic acids is 1. The van der Waals surface area contributed by atoms with E-state index in [-0.39, 0.29) is 37.4 Å². The van der Waals surface area contributed by atoms with Crippen molar-refractivity contribution in [1.29, 1.82) is 0 Å². The topological polar surface area (TPSA) is 63.6 Å². The molecule has 0 radical (unpaired) electrons. The molecule has 1 atom stereocenters. The summed E-state index contributed by atoms with van der Waals surface area (Å²) in [6, 6.07) is 9.91. The fourth-order valence-electron chi connectivity index (χ4n) is 2.09. The molecule has 4 nitrogen and oxygen atoms in total. The van der Waals surface area contributed by atoms with Gasteiger partial charge in [0.1, 0.15) is 5.60 Å². The van der Waals surface area contributed by atoms with Gasteiger partial charge in [-0.05, 0) is 45.6 Å². The molecular formula is C17H25NaO4. The molecule has 1 aromatic carbocycles. The average Bonchev–Trinajstić information content (AvgIpc) is 2.36.